The van der Waals surface area contributed by atoms with Crippen molar-refractivity contribution in [3.8, 4) is 0 Å². The summed E-state index contributed by atoms with van der Waals surface area (Å²) in [6, 6.07) is 6.71. The number of anilines is 2. The van der Waals surface area contributed by atoms with E-state index in [1.54, 1.807) is 20.8 Å². The van der Waals surface area contributed by atoms with E-state index in [2.05, 4.69) is 0 Å². The zero-order valence-electron chi connectivity index (χ0n) is 14.6. The number of nitrogens with zero attached hydrogens (tertiary/aromatic N) is 2. The molecule has 0 aliphatic carbocycles. The normalized spacial score (nSPS) is 18.2. The van der Waals surface area contributed by atoms with Gasteiger partial charge in [0.05, 0.1) is 18.5 Å². The lowest BCUT2D eigenvalue weighted by Crippen LogP contribution is -2.59. The van der Waals surface area contributed by atoms with Crippen molar-refractivity contribution in [3.05, 3.63) is 24.3 Å². The second-order valence-electron chi connectivity index (χ2n) is 6.72. The SMILES string of the molecule is COC(=O)[C@@H]1CN(c2ccccc2N)CCN1C(=O)OC(C)(C)C. The monoisotopic (exact) mass is 335 g/mol. The Bertz CT molecular complexity index is 612. The summed E-state index contributed by atoms with van der Waals surface area (Å²) in [5, 5.41) is 0. The van der Waals surface area contributed by atoms with Gasteiger partial charge in [-0.15, -0.1) is 0 Å². The van der Waals surface area contributed by atoms with Crippen LogP contribution in [0.25, 0.3) is 0 Å². The van der Waals surface area contributed by atoms with E-state index in [0.29, 0.717) is 25.3 Å². The van der Waals surface area contributed by atoms with Crippen molar-refractivity contribution in [2.75, 3.05) is 37.4 Å². The molecule has 2 N–H and O–H groups in total. The predicted molar refractivity (Wildman–Crippen MR) is 91.8 cm³/mol. The first-order chi connectivity index (χ1) is 11.2. The second-order valence-corrected chi connectivity index (χ2v) is 6.72. The van der Waals surface area contributed by atoms with Gasteiger partial charge in [0.25, 0.3) is 0 Å². The van der Waals surface area contributed by atoms with E-state index in [9.17, 15) is 9.59 Å². The van der Waals surface area contributed by atoms with Crippen LogP contribution in [-0.4, -0.2) is 55.3 Å². The Morgan fingerprint density at radius 3 is 2.46 bits per heavy atom. The Balaban J connectivity index is 2.20. The van der Waals surface area contributed by atoms with Gasteiger partial charge >= 0.3 is 12.1 Å². The van der Waals surface area contributed by atoms with E-state index in [4.69, 9.17) is 15.2 Å². The number of amides is 1. The lowest BCUT2D eigenvalue weighted by molar-refractivity contribution is -0.147. The Morgan fingerprint density at radius 2 is 1.88 bits per heavy atom. The van der Waals surface area contributed by atoms with Crippen LogP contribution in [0.4, 0.5) is 16.2 Å². The summed E-state index contributed by atoms with van der Waals surface area (Å²) >= 11 is 0. The fourth-order valence-electron chi connectivity index (χ4n) is 2.65. The summed E-state index contributed by atoms with van der Waals surface area (Å²) in [7, 11) is 1.31. The maximum absolute atomic E-state index is 12.4. The summed E-state index contributed by atoms with van der Waals surface area (Å²) in [5.41, 5.74) is 6.87. The van der Waals surface area contributed by atoms with E-state index in [1.165, 1.54) is 12.0 Å². The van der Waals surface area contributed by atoms with Crippen LogP contribution >= 0.6 is 0 Å². The molecule has 0 bridgehead atoms. The smallest absolute Gasteiger partial charge is 0.411 e. The van der Waals surface area contributed by atoms with E-state index in [0.717, 1.165) is 5.69 Å². The Hall–Kier alpha value is -2.44. The molecule has 0 aromatic heterocycles. The maximum atomic E-state index is 12.4. The number of nitrogens with two attached hydrogens (primary N) is 1. The summed E-state index contributed by atoms with van der Waals surface area (Å²) in [4.78, 5) is 28.0. The van der Waals surface area contributed by atoms with Crippen LogP contribution < -0.4 is 10.6 Å². The minimum Gasteiger partial charge on any atom is -0.467 e. The first-order valence-electron chi connectivity index (χ1n) is 7.90. The Kier molecular flexibility index (Phi) is 5.21. The molecule has 1 aromatic carbocycles. The third kappa shape index (κ3) is 4.10. The molecule has 0 radical (unpaired) electrons. The van der Waals surface area contributed by atoms with E-state index in [-0.39, 0.29) is 0 Å². The van der Waals surface area contributed by atoms with Crippen molar-refractivity contribution in [1.29, 1.82) is 0 Å². The number of esters is 1. The van der Waals surface area contributed by atoms with Crippen molar-refractivity contribution in [2.24, 2.45) is 0 Å². The zero-order chi connectivity index (χ0) is 17.9. The van der Waals surface area contributed by atoms with Gasteiger partial charge in [-0.3, -0.25) is 4.90 Å². The fourth-order valence-corrected chi connectivity index (χ4v) is 2.65. The highest BCUT2D eigenvalue weighted by atomic mass is 16.6. The molecule has 1 aromatic rings. The molecule has 1 fully saturated rings. The van der Waals surface area contributed by atoms with Gasteiger partial charge in [0.2, 0.25) is 0 Å². The number of methoxy groups -OCH3 is 1. The number of ether oxygens (including phenoxy) is 2. The molecule has 0 spiro atoms. The Labute approximate surface area is 142 Å². The average molecular weight is 335 g/mol. The quantitative estimate of drug-likeness (QED) is 0.656. The van der Waals surface area contributed by atoms with Gasteiger partial charge in [-0.1, -0.05) is 12.1 Å². The minimum atomic E-state index is -0.738. The van der Waals surface area contributed by atoms with E-state index >= 15 is 0 Å². The van der Waals surface area contributed by atoms with Crippen LogP contribution in [0.5, 0.6) is 0 Å². The highest BCUT2D eigenvalue weighted by molar-refractivity contribution is 5.83. The van der Waals surface area contributed by atoms with Crippen LogP contribution in [0.15, 0.2) is 24.3 Å². The maximum Gasteiger partial charge on any atom is 0.411 e. The molecule has 1 atom stereocenters. The molecule has 1 aliphatic rings. The molecular formula is C17H25N3O4. The molecule has 132 valence electrons. The second kappa shape index (κ2) is 6.98. The molecule has 0 saturated carbocycles. The predicted octanol–water partition coefficient (Wildman–Crippen LogP) is 1.87. The lowest BCUT2D eigenvalue weighted by atomic mass is 10.1. The van der Waals surface area contributed by atoms with E-state index < -0.39 is 23.7 Å². The fraction of sp³-hybridized carbons (Fsp3) is 0.529. The van der Waals surface area contributed by atoms with Crippen LogP contribution in [0.2, 0.25) is 0 Å². The standard InChI is InChI=1S/C17H25N3O4/c1-17(2,3)24-16(22)20-10-9-19(11-14(20)15(21)23-4)13-8-6-5-7-12(13)18/h5-8,14H,9-11,18H2,1-4H3/t14-/m0/s1. The summed E-state index contributed by atoms with van der Waals surface area (Å²) in [6.45, 7) is 6.58. The highest BCUT2D eigenvalue weighted by Gasteiger charge is 2.38. The molecule has 1 saturated heterocycles. The van der Waals surface area contributed by atoms with Gasteiger partial charge in [-0.25, -0.2) is 9.59 Å². The topological polar surface area (TPSA) is 85.1 Å². The molecule has 24 heavy (non-hydrogen) atoms. The van der Waals surface area contributed by atoms with Crippen LogP contribution in [0.3, 0.4) is 0 Å². The summed E-state index contributed by atoms with van der Waals surface area (Å²) in [5.74, 6) is -0.472. The highest BCUT2D eigenvalue weighted by Crippen LogP contribution is 2.26. The van der Waals surface area contributed by atoms with Crippen molar-refractivity contribution in [3.63, 3.8) is 0 Å². The van der Waals surface area contributed by atoms with Gasteiger partial charge in [-0.05, 0) is 32.9 Å². The van der Waals surface area contributed by atoms with Gasteiger partial charge < -0.3 is 20.1 Å². The third-order valence-corrected chi connectivity index (χ3v) is 3.76. The molecule has 1 aliphatic heterocycles. The largest absolute Gasteiger partial charge is 0.467 e. The van der Waals surface area contributed by atoms with Crippen LogP contribution in [0.1, 0.15) is 20.8 Å². The number of rotatable bonds is 2. The van der Waals surface area contributed by atoms with Gasteiger partial charge in [0.1, 0.15) is 5.60 Å². The van der Waals surface area contributed by atoms with Gasteiger partial charge in [-0.2, -0.15) is 0 Å². The van der Waals surface area contributed by atoms with Crippen molar-refractivity contribution < 1.29 is 19.1 Å². The summed E-state index contributed by atoms with van der Waals surface area (Å²) in [6.07, 6.45) is -0.515. The molecule has 1 heterocycles. The number of hydrogen-bond donors (Lipinski definition) is 1. The van der Waals surface area contributed by atoms with Crippen LogP contribution in [0, 0.1) is 0 Å². The lowest BCUT2D eigenvalue weighted by Gasteiger charge is -2.41. The number of benzene rings is 1. The minimum absolute atomic E-state index is 0.306. The number of piperazine rings is 1. The van der Waals surface area contributed by atoms with E-state index in [1.807, 2.05) is 29.2 Å². The van der Waals surface area contributed by atoms with Crippen molar-refractivity contribution in [1.82, 2.24) is 4.90 Å². The summed E-state index contributed by atoms with van der Waals surface area (Å²) < 4.78 is 10.3. The number of nitrogen functional groups attached to an aromatic ring is 1. The van der Waals surface area contributed by atoms with Crippen molar-refractivity contribution in [2.45, 2.75) is 32.4 Å². The average Bonchev–Trinajstić information content (AvgIpc) is 2.52. The zero-order valence-corrected chi connectivity index (χ0v) is 14.6. The first-order valence-corrected chi connectivity index (χ1v) is 7.90. The number of hydrogen-bond acceptors (Lipinski definition) is 6. The molecule has 1 amide bonds. The molecular weight excluding hydrogens is 310 g/mol. The van der Waals surface area contributed by atoms with Gasteiger partial charge in [0.15, 0.2) is 6.04 Å². The van der Waals surface area contributed by atoms with Gasteiger partial charge in [0, 0.05) is 19.6 Å². The third-order valence-electron chi connectivity index (χ3n) is 3.76. The first kappa shape index (κ1) is 17.9. The number of carbonyl (C=O) groups is 2. The molecule has 7 heteroatoms. The van der Waals surface area contributed by atoms with Crippen LogP contribution in [-0.2, 0) is 14.3 Å². The number of para-hydroxylation sites is 2. The molecule has 7 nitrogen and oxygen atoms in total. The van der Waals surface area contributed by atoms with Crippen molar-refractivity contribution >= 4 is 23.4 Å². The number of carbonyl (C=O) groups excluding carboxylic acids is 2. The molecule has 0 unspecified atom stereocenters. The molecule has 2 rings (SSSR count). The Morgan fingerprint density at radius 1 is 1.21 bits per heavy atom.